The molecular weight excluding hydrogens is 254 g/mol. The van der Waals surface area contributed by atoms with Crippen LogP contribution in [0.2, 0.25) is 0 Å². The maximum absolute atomic E-state index is 12.1. The van der Waals surface area contributed by atoms with Crippen LogP contribution in [-0.2, 0) is 4.79 Å². The zero-order chi connectivity index (χ0) is 14.7. The van der Waals surface area contributed by atoms with Crippen molar-refractivity contribution in [3.8, 4) is 5.75 Å². The van der Waals surface area contributed by atoms with E-state index >= 15 is 0 Å². The van der Waals surface area contributed by atoms with E-state index in [4.69, 9.17) is 4.74 Å². The number of hydrogen-bond donors (Lipinski definition) is 1. The molecule has 1 aromatic carbocycles. The number of aliphatic hydroxyl groups is 1. The van der Waals surface area contributed by atoms with Crippen molar-refractivity contribution in [2.24, 2.45) is 5.92 Å². The second-order valence-electron chi connectivity index (χ2n) is 5.44. The maximum atomic E-state index is 12.1. The molecule has 3 atom stereocenters. The van der Waals surface area contributed by atoms with E-state index < -0.39 is 0 Å². The Morgan fingerprint density at radius 3 is 2.60 bits per heavy atom. The van der Waals surface area contributed by atoms with E-state index in [-0.39, 0.29) is 24.0 Å². The van der Waals surface area contributed by atoms with E-state index in [2.05, 4.69) is 0 Å². The molecule has 110 valence electrons. The van der Waals surface area contributed by atoms with Crippen LogP contribution in [0.4, 0.5) is 0 Å². The highest BCUT2D eigenvalue weighted by atomic mass is 16.5. The Labute approximate surface area is 120 Å². The number of benzene rings is 1. The molecule has 0 spiro atoms. The molecule has 0 radical (unpaired) electrons. The van der Waals surface area contributed by atoms with Gasteiger partial charge in [-0.3, -0.25) is 4.79 Å². The lowest BCUT2D eigenvalue weighted by Crippen LogP contribution is -2.30. The summed E-state index contributed by atoms with van der Waals surface area (Å²) in [4.78, 5) is 14.0. The smallest absolute Gasteiger partial charge is 0.223 e. The summed E-state index contributed by atoms with van der Waals surface area (Å²) in [5, 5.41) is 9.92. The number of nitrogens with zero attached hydrogens (tertiary/aromatic N) is 1. The fourth-order valence-corrected chi connectivity index (χ4v) is 2.79. The Kier molecular flexibility index (Phi) is 4.65. The predicted octanol–water partition coefficient (Wildman–Crippen LogP) is 2.38. The SMILES string of the molecule is CCC(O)[C@@H]1CC(=O)N([C@H](C)c2ccc(OC)cc2)C1. The molecule has 0 saturated carbocycles. The second-order valence-corrected chi connectivity index (χ2v) is 5.44. The van der Waals surface area contributed by atoms with Crippen molar-refractivity contribution in [3.05, 3.63) is 29.8 Å². The summed E-state index contributed by atoms with van der Waals surface area (Å²) in [5.41, 5.74) is 1.09. The average molecular weight is 277 g/mol. The first kappa shape index (κ1) is 14.9. The van der Waals surface area contributed by atoms with Gasteiger partial charge in [0.2, 0.25) is 5.91 Å². The summed E-state index contributed by atoms with van der Waals surface area (Å²) in [6.45, 7) is 4.62. The van der Waals surface area contributed by atoms with Gasteiger partial charge in [-0.2, -0.15) is 0 Å². The van der Waals surface area contributed by atoms with Crippen molar-refractivity contribution >= 4 is 5.91 Å². The topological polar surface area (TPSA) is 49.8 Å². The van der Waals surface area contributed by atoms with Gasteiger partial charge in [0.1, 0.15) is 5.75 Å². The first-order valence-corrected chi connectivity index (χ1v) is 7.18. The van der Waals surface area contributed by atoms with E-state index in [1.54, 1.807) is 7.11 Å². The maximum Gasteiger partial charge on any atom is 0.223 e. The van der Waals surface area contributed by atoms with E-state index in [0.29, 0.717) is 19.4 Å². The molecule has 1 aliphatic heterocycles. The van der Waals surface area contributed by atoms with Gasteiger partial charge in [0.25, 0.3) is 0 Å². The first-order chi connectivity index (χ1) is 9.56. The number of amides is 1. The Morgan fingerprint density at radius 2 is 2.05 bits per heavy atom. The van der Waals surface area contributed by atoms with Crippen molar-refractivity contribution in [3.63, 3.8) is 0 Å². The number of hydrogen-bond acceptors (Lipinski definition) is 3. The minimum Gasteiger partial charge on any atom is -0.497 e. The second kappa shape index (κ2) is 6.27. The Morgan fingerprint density at radius 1 is 1.40 bits per heavy atom. The number of methoxy groups -OCH3 is 1. The minimum atomic E-state index is -0.382. The third-order valence-electron chi connectivity index (χ3n) is 4.22. The molecule has 4 nitrogen and oxygen atoms in total. The average Bonchev–Trinajstić information content (AvgIpc) is 2.87. The molecule has 1 amide bonds. The van der Waals surface area contributed by atoms with Crippen molar-refractivity contribution in [2.45, 2.75) is 38.8 Å². The highest BCUT2D eigenvalue weighted by molar-refractivity contribution is 5.79. The van der Waals surface area contributed by atoms with Crippen LogP contribution in [-0.4, -0.2) is 35.7 Å². The summed E-state index contributed by atoms with van der Waals surface area (Å²) >= 11 is 0. The van der Waals surface area contributed by atoms with Crippen molar-refractivity contribution in [1.82, 2.24) is 4.90 Å². The summed E-state index contributed by atoms with van der Waals surface area (Å²) in [7, 11) is 1.64. The monoisotopic (exact) mass is 277 g/mol. The molecule has 1 unspecified atom stereocenters. The third kappa shape index (κ3) is 2.96. The zero-order valence-corrected chi connectivity index (χ0v) is 12.4. The van der Waals surface area contributed by atoms with Crippen LogP contribution in [0.15, 0.2) is 24.3 Å². The van der Waals surface area contributed by atoms with Crippen LogP contribution in [0.25, 0.3) is 0 Å². The molecular formula is C16H23NO3. The van der Waals surface area contributed by atoms with Gasteiger partial charge in [0.05, 0.1) is 19.3 Å². The Balaban J connectivity index is 2.08. The minimum absolute atomic E-state index is 0.0301. The van der Waals surface area contributed by atoms with Gasteiger partial charge in [-0.1, -0.05) is 19.1 Å². The number of carbonyl (C=O) groups excluding carboxylic acids is 1. The largest absolute Gasteiger partial charge is 0.497 e. The normalized spacial score (nSPS) is 21.9. The van der Waals surface area contributed by atoms with Crippen LogP contribution in [0.3, 0.4) is 0 Å². The van der Waals surface area contributed by atoms with Gasteiger partial charge in [-0.05, 0) is 31.0 Å². The van der Waals surface area contributed by atoms with Gasteiger partial charge in [-0.25, -0.2) is 0 Å². The lowest BCUT2D eigenvalue weighted by Gasteiger charge is -2.26. The van der Waals surface area contributed by atoms with Gasteiger partial charge in [0.15, 0.2) is 0 Å². The molecule has 2 rings (SSSR count). The number of likely N-dealkylation sites (tertiary alicyclic amines) is 1. The summed E-state index contributed by atoms with van der Waals surface area (Å²) < 4.78 is 5.14. The lowest BCUT2D eigenvalue weighted by atomic mass is 9.99. The van der Waals surface area contributed by atoms with Crippen LogP contribution < -0.4 is 4.74 Å². The molecule has 1 aromatic rings. The Hall–Kier alpha value is -1.55. The van der Waals surface area contributed by atoms with Crippen molar-refractivity contribution < 1.29 is 14.6 Å². The molecule has 1 aliphatic rings. The summed E-state index contributed by atoms with van der Waals surface area (Å²) in [6, 6.07) is 7.82. The van der Waals surface area contributed by atoms with E-state index in [9.17, 15) is 9.90 Å². The molecule has 1 heterocycles. The van der Waals surface area contributed by atoms with E-state index in [1.807, 2.05) is 43.0 Å². The molecule has 1 fully saturated rings. The van der Waals surface area contributed by atoms with Crippen molar-refractivity contribution in [2.75, 3.05) is 13.7 Å². The lowest BCUT2D eigenvalue weighted by molar-refractivity contribution is -0.129. The molecule has 0 aromatic heterocycles. The molecule has 0 bridgehead atoms. The number of rotatable bonds is 5. The van der Waals surface area contributed by atoms with Gasteiger partial charge < -0.3 is 14.7 Å². The fourth-order valence-electron chi connectivity index (χ4n) is 2.79. The molecule has 0 aliphatic carbocycles. The standard InChI is InChI=1S/C16H23NO3/c1-4-15(18)13-9-16(19)17(10-13)11(2)12-5-7-14(20-3)8-6-12/h5-8,11,13,15,18H,4,9-10H2,1-3H3/t11-,13-,15?/m1/s1. The first-order valence-electron chi connectivity index (χ1n) is 7.18. The number of aliphatic hydroxyl groups excluding tert-OH is 1. The van der Waals surface area contributed by atoms with E-state index in [1.165, 1.54) is 0 Å². The molecule has 20 heavy (non-hydrogen) atoms. The number of ether oxygens (including phenoxy) is 1. The van der Waals surface area contributed by atoms with Crippen LogP contribution in [0.5, 0.6) is 5.75 Å². The van der Waals surface area contributed by atoms with Crippen LogP contribution in [0, 0.1) is 5.92 Å². The zero-order valence-electron chi connectivity index (χ0n) is 12.4. The van der Waals surface area contributed by atoms with Gasteiger partial charge in [0, 0.05) is 18.9 Å². The third-order valence-corrected chi connectivity index (χ3v) is 4.22. The fraction of sp³-hybridized carbons (Fsp3) is 0.562. The predicted molar refractivity (Wildman–Crippen MR) is 77.5 cm³/mol. The highest BCUT2D eigenvalue weighted by Gasteiger charge is 2.36. The van der Waals surface area contributed by atoms with Crippen LogP contribution in [0.1, 0.15) is 38.3 Å². The summed E-state index contributed by atoms with van der Waals surface area (Å²) in [5.74, 6) is 1.01. The summed E-state index contributed by atoms with van der Waals surface area (Å²) in [6.07, 6.45) is 0.769. The van der Waals surface area contributed by atoms with E-state index in [0.717, 1.165) is 11.3 Å². The van der Waals surface area contributed by atoms with Crippen LogP contribution >= 0.6 is 0 Å². The van der Waals surface area contributed by atoms with Crippen molar-refractivity contribution in [1.29, 1.82) is 0 Å². The highest BCUT2D eigenvalue weighted by Crippen LogP contribution is 2.31. The van der Waals surface area contributed by atoms with Gasteiger partial charge in [-0.15, -0.1) is 0 Å². The van der Waals surface area contributed by atoms with Gasteiger partial charge >= 0.3 is 0 Å². The molecule has 1 N–H and O–H groups in total. The number of carbonyl (C=O) groups is 1. The Bertz CT molecular complexity index is 457. The molecule has 4 heteroatoms. The molecule has 1 saturated heterocycles. The quantitative estimate of drug-likeness (QED) is 0.899.